The Hall–Kier alpha value is -2.93. The van der Waals surface area contributed by atoms with E-state index in [0.717, 1.165) is 16.8 Å². The fourth-order valence-corrected chi connectivity index (χ4v) is 4.06. The molecule has 0 aliphatic carbocycles. The van der Waals surface area contributed by atoms with Crippen LogP contribution in [0.3, 0.4) is 0 Å². The summed E-state index contributed by atoms with van der Waals surface area (Å²) < 4.78 is 13.8. The highest BCUT2D eigenvalue weighted by molar-refractivity contribution is 8.15. The summed E-state index contributed by atoms with van der Waals surface area (Å²) in [6.07, 6.45) is 1.55. The van der Waals surface area contributed by atoms with Crippen LogP contribution < -0.4 is 5.32 Å². The maximum Gasteiger partial charge on any atom is 0.242 e. The van der Waals surface area contributed by atoms with Crippen molar-refractivity contribution in [1.29, 1.82) is 0 Å². The van der Waals surface area contributed by atoms with Gasteiger partial charge in [-0.1, -0.05) is 42.1 Å². The molecule has 5 nitrogen and oxygen atoms in total. The molecule has 7 heteroatoms. The molecule has 1 fully saturated rings. The van der Waals surface area contributed by atoms with Crippen LogP contribution in [0.15, 0.2) is 60.1 Å². The second-order valence-corrected chi connectivity index (χ2v) is 7.93. The summed E-state index contributed by atoms with van der Waals surface area (Å²) in [5.41, 5.74) is 2.95. The lowest BCUT2D eigenvalue weighted by atomic mass is 10.1. The van der Waals surface area contributed by atoms with Crippen molar-refractivity contribution in [1.82, 2.24) is 4.90 Å². The normalized spacial score (nSPS) is 17.6. The predicted molar refractivity (Wildman–Crippen MR) is 116 cm³/mol. The summed E-state index contributed by atoms with van der Waals surface area (Å²) in [5, 5.41) is 2.44. The minimum atomic E-state index is -0.620. The Morgan fingerprint density at radius 3 is 2.79 bits per heavy atom. The summed E-state index contributed by atoms with van der Waals surface area (Å²) in [6.45, 7) is 7.95. The summed E-state index contributed by atoms with van der Waals surface area (Å²) in [6, 6.07) is 11.9. The van der Waals surface area contributed by atoms with Crippen LogP contribution in [0.25, 0.3) is 0 Å². The highest BCUT2D eigenvalue weighted by Gasteiger charge is 2.38. The van der Waals surface area contributed by atoms with E-state index in [2.05, 4.69) is 16.9 Å². The molecule has 0 saturated carbocycles. The summed E-state index contributed by atoms with van der Waals surface area (Å²) in [5.74, 6) is -1.15. The van der Waals surface area contributed by atoms with Crippen LogP contribution in [0.2, 0.25) is 0 Å². The van der Waals surface area contributed by atoms with Crippen LogP contribution in [0, 0.1) is 19.7 Å². The monoisotopic (exact) mass is 411 g/mol. The first-order chi connectivity index (χ1) is 13.9. The third-order valence-electron chi connectivity index (χ3n) is 4.43. The van der Waals surface area contributed by atoms with Gasteiger partial charge < -0.3 is 5.32 Å². The molecule has 0 unspecified atom stereocenters. The second kappa shape index (κ2) is 9.05. The number of carbonyl (C=O) groups is 2. The van der Waals surface area contributed by atoms with Crippen molar-refractivity contribution in [2.24, 2.45) is 4.99 Å². The van der Waals surface area contributed by atoms with Gasteiger partial charge in [0, 0.05) is 13.0 Å². The van der Waals surface area contributed by atoms with Crippen molar-refractivity contribution >= 4 is 40.1 Å². The Labute approximate surface area is 173 Å². The first kappa shape index (κ1) is 20.8. The number of aryl methyl sites for hydroxylation is 2. The molecule has 0 radical (unpaired) electrons. The molecule has 1 aliphatic heterocycles. The number of rotatable bonds is 6. The quantitative estimate of drug-likeness (QED) is 0.708. The number of amidine groups is 1. The molecular weight excluding hydrogens is 389 g/mol. The fraction of sp³-hybridized carbons (Fsp3) is 0.227. The van der Waals surface area contributed by atoms with Gasteiger partial charge in [-0.25, -0.2) is 9.38 Å². The Kier molecular flexibility index (Phi) is 6.49. The van der Waals surface area contributed by atoms with Crippen molar-refractivity contribution < 1.29 is 14.0 Å². The van der Waals surface area contributed by atoms with Crippen LogP contribution >= 0.6 is 11.8 Å². The van der Waals surface area contributed by atoms with Gasteiger partial charge in [-0.2, -0.15) is 0 Å². The molecular formula is C22H22FN3O2S. The van der Waals surface area contributed by atoms with Crippen molar-refractivity contribution in [2.75, 3.05) is 11.9 Å². The first-order valence-electron chi connectivity index (χ1n) is 9.18. The minimum absolute atomic E-state index is 0.0721. The van der Waals surface area contributed by atoms with Crippen molar-refractivity contribution in [2.45, 2.75) is 25.5 Å². The van der Waals surface area contributed by atoms with Crippen LogP contribution in [-0.2, 0) is 9.59 Å². The highest BCUT2D eigenvalue weighted by Crippen LogP contribution is 2.33. The summed E-state index contributed by atoms with van der Waals surface area (Å²) in [4.78, 5) is 31.4. The molecule has 1 N–H and O–H groups in total. The van der Waals surface area contributed by atoms with Gasteiger partial charge in [-0.15, -0.1) is 6.58 Å². The van der Waals surface area contributed by atoms with Gasteiger partial charge in [0.2, 0.25) is 11.8 Å². The number of para-hydroxylation sites is 1. The zero-order valence-electron chi connectivity index (χ0n) is 16.3. The number of anilines is 1. The lowest BCUT2D eigenvalue weighted by Gasteiger charge is -2.14. The first-order valence-corrected chi connectivity index (χ1v) is 10.1. The zero-order valence-corrected chi connectivity index (χ0v) is 17.1. The van der Waals surface area contributed by atoms with Gasteiger partial charge in [-0.05, 0) is 43.2 Å². The Morgan fingerprint density at radius 2 is 2.07 bits per heavy atom. The molecule has 150 valence electrons. The standard InChI is InChI=1S/C22H22FN3O2S/c1-4-11-26-21(28)19(13-20(27)24-17-8-6-5-7-16(17)23)29-22(26)25-18-12-14(2)9-10-15(18)3/h4-10,12,19H,1,11,13H2,2-3H3,(H,24,27)/t19-/m0/s1. The molecule has 2 aromatic carbocycles. The molecule has 0 aromatic heterocycles. The average Bonchev–Trinajstić information content (AvgIpc) is 2.96. The molecule has 1 saturated heterocycles. The Balaban J connectivity index is 1.79. The number of hydrogen-bond donors (Lipinski definition) is 1. The minimum Gasteiger partial charge on any atom is -0.324 e. The largest absolute Gasteiger partial charge is 0.324 e. The predicted octanol–water partition coefficient (Wildman–Crippen LogP) is 4.59. The number of nitrogens with zero attached hydrogens (tertiary/aromatic N) is 2. The molecule has 2 aromatic rings. The van der Waals surface area contributed by atoms with E-state index in [0.29, 0.717) is 11.7 Å². The fourth-order valence-electron chi connectivity index (χ4n) is 2.90. The maximum atomic E-state index is 13.8. The Morgan fingerprint density at radius 1 is 1.31 bits per heavy atom. The van der Waals surface area contributed by atoms with E-state index in [1.165, 1.54) is 28.8 Å². The number of benzene rings is 2. The summed E-state index contributed by atoms with van der Waals surface area (Å²) in [7, 11) is 0. The number of hydrogen-bond acceptors (Lipinski definition) is 4. The van der Waals surface area contributed by atoms with E-state index in [1.54, 1.807) is 18.2 Å². The van der Waals surface area contributed by atoms with Crippen LogP contribution in [0.1, 0.15) is 17.5 Å². The molecule has 2 amide bonds. The number of nitrogens with one attached hydrogen (secondary N) is 1. The van der Waals surface area contributed by atoms with E-state index < -0.39 is 17.0 Å². The van der Waals surface area contributed by atoms with E-state index in [4.69, 9.17) is 0 Å². The second-order valence-electron chi connectivity index (χ2n) is 6.76. The number of carbonyl (C=O) groups excluding carboxylic acids is 2. The molecule has 3 rings (SSSR count). The molecule has 29 heavy (non-hydrogen) atoms. The molecule has 1 atom stereocenters. The lowest BCUT2D eigenvalue weighted by Crippen LogP contribution is -2.33. The smallest absolute Gasteiger partial charge is 0.242 e. The molecule has 0 bridgehead atoms. The van der Waals surface area contributed by atoms with Gasteiger partial charge in [-0.3, -0.25) is 14.5 Å². The van der Waals surface area contributed by atoms with E-state index in [1.807, 2.05) is 32.0 Å². The van der Waals surface area contributed by atoms with Gasteiger partial charge in [0.05, 0.1) is 11.4 Å². The number of amides is 2. The maximum absolute atomic E-state index is 13.8. The van der Waals surface area contributed by atoms with Gasteiger partial charge in [0.15, 0.2) is 5.17 Å². The summed E-state index contributed by atoms with van der Waals surface area (Å²) >= 11 is 1.24. The highest BCUT2D eigenvalue weighted by atomic mass is 32.2. The van der Waals surface area contributed by atoms with Crippen molar-refractivity contribution in [3.63, 3.8) is 0 Å². The van der Waals surface area contributed by atoms with Crippen molar-refractivity contribution in [3.05, 3.63) is 72.1 Å². The van der Waals surface area contributed by atoms with Crippen molar-refractivity contribution in [3.8, 4) is 0 Å². The van der Waals surface area contributed by atoms with Gasteiger partial charge >= 0.3 is 0 Å². The van der Waals surface area contributed by atoms with Gasteiger partial charge in [0.25, 0.3) is 0 Å². The average molecular weight is 412 g/mol. The van der Waals surface area contributed by atoms with Gasteiger partial charge in [0.1, 0.15) is 11.1 Å². The number of thioether (sulfide) groups is 1. The number of aliphatic imine (C=N–C) groups is 1. The lowest BCUT2D eigenvalue weighted by molar-refractivity contribution is -0.127. The number of halogens is 1. The Bertz CT molecular complexity index is 990. The van der Waals surface area contributed by atoms with Crippen LogP contribution in [-0.4, -0.2) is 33.7 Å². The third-order valence-corrected chi connectivity index (χ3v) is 5.61. The molecule has 1 heterocycles. The van der Waals surface area contributed by atoms with Crippen LogP contribution in [0.4, 0.5) is 15.8 Å². The topological polar surface area (TPSA) is 61.8 Å². The molecule has 0 spiro atoms. The SMILES string of the molecule is C=CCN1C(=O)[C@H](CC(=O)Nc2ccccc2F)SC1=Nc1cc(C)ccc1C. The van der Waals surface area contributed by atoms with E-state index in [-0.39, 0.29) is 18.0 Å². The van der Waals surface area contributed by atoms with E-state index >= 15 is 0 Å². The van der Waals surface area contributed by atoms with Crippen LogP contribution in [0.5, 0.6) is 0 Å². The third kappa shape index (κ3) is 4.92. The zero-order chi connectivity index (χ0) is 21.0. The van der Waals surface area contributed by atoms with E-state index in [9.17, 15) is 14.0 Å². The molecule has 1 aliphatic rings.